The van der Waals surface area contributed by atoms with Crippen LogP contribution in [0.15, 0.2) is 0 Å². The normalized spacial score (nSPS) is 21.8. The molecule has 0 aromatic carbocycles. The number of carbonyl (C=O) groups excluding carboxylic acids is 1. The minimum Gasteiger partial charge on any atom is -0.278 e. The second-order valence-electron chi connectivity index (χ2n) is 3.64. The molecule has 1 aliphatic heterocycles. The van der Waals surface area contributed by atoms with Crippen LogP contribution in [-0.2, 0) is 14.8 Å². The van der Waals surface area contributed by atoms with Crippen LogP contribution in [0.25, 0.3) is 0 Å². The highest BCUT2D eigenvalue weighted by molar-refractivity contribution is 7.89. The van der Waals surface area contributed by atoms with E-state index in [1.54, 1.807) is 6.92 Å². The number of aromatic amines is 1. The largest absolute Gasteiger partial charge is 0.278 e. The van der Waals surface area contributed by atoms with Gasteiger partial charge in [-0.2, -0.15) is 4.98 Å². The smallest absolute Gasteiger partial charge is 0.251 e. The fraction of sp³-hybridized carbons (Fsp3) is 0.571. The number of nitrogens with two attached hydrogens (primary N) is 1. The number of primary sulfonamides is 1. The summed E-state index contributed by atoms with van der Waals surface area (Å²) in [5.74, 6) is 0.411. The van der Waals surface area contributed by atoms with Crippen molar-refractivity contribution in [3.63, 3.8) is 0 Å². The molecular formula is C7H11N5O3S. The van der Waals surface area contributed by atoms with Gasteiger partial charge in [0.15, 0.2) is 0 Å². The summed E-state index contributed by atoms with van der Waals surface area (Å²) in [5.41, 5.74) is 0. The van der Waals surface area contributed by atoms with Crippen LogP contribution in [0, 0.1) is 6.92 Å². The Balaban J connectivity index is 2.24. The Bertz CT molecular complexity index is 522. The van der Waals surface area contributed by atoms with Crippen molar-refractivity contribution in [3.8, 4) is 0 Å². The van der Waals surface area contributed by atoms with E-state index < -0.39 is 15.3 Å². The summed E-state index contributed by atoms with van der Waals surface area (Å²) in [6, 6.07) is 0. The molecule has 1 unspecified atom stereocenters. The molecular weight excluding hydrogens is 234 g/mol. The van der Waals surface area contributed by atoms with E-state index in [2.05, 4.69) is 15.2 Å². The number of amides is 1. The minimum atomic E-state index is -3.70. The van der Waals surface area contributed by atoms with E-state index in [-0.39, 0.29) is 24.8 Å². The summed E-state index contributed by atoms with van der Waals surface area (Å²) in [4.78, 5) is 16.7. The first kappa shape index (κ1) is 11.0. The molecule has 0 bridgehead atoms. The summed E-state index contributed by atoms with van der Waals surface area (Å²) < 4.78 is 22.2. The molecule has 1 saturated heterocycles. The van der Waals surface area contributed by atoms with Crippen molar-refractivity contribution in [2.24, 2.45) is 5.14 Å². The Kier molecular flexibility index (Phi) is 2.43. The van der Waals surface area contributed by atoms with E-state index in [1.807, 2.05) is 0 Å². The maximum atomic E-state index is 11.6. The monoisotopic (exact) mass is 245 g/mol. The molecule has 9 heteroatoms. The molecule has 0 spiro atoms. The third kappa shape index (κ3) is 1.91. The molecule has 8 nitrogen and oxygen atoms in total. The van der Waals surface area contributed by atoms with Crippen molar-refractivity contribution in [2.75, 3.05) is 11.4 Å². The number of carbonyl (C=O) groups is 1. The Morgan fingerprint density at radius 2 is 2.25 bits per heavy atom. The first-order valence-electron chi connectivity index (χ1n) is 4.59. The fourth-order valence-corrected chi connectivity index (χ4v) is 2.27. The molecule has 16 heavy (non-hydrogen) atoms. The quantitative estimate of drug-likeness (QED) is 0.657. The molecule has 1 aromatic heterocycles. The Morgan fingerprint density at radius 3 is 2.69 bits per heavy atom. The van der Waals surface area contributed by atoms with Crippen LogP contribution in [0.5, 0.6) is 0 Å². The van der Waals surface area contributed by atoms with E-state index in [4.69, 9.17) is 5.14 Å². The highest BCUT2D eigenvalue weighted by Gasteiger charge is 2.38. The predicted octanol–water partition coefficient (Wildman–Crippen LogP) is -1.49. The standard InChI is InChI=1S/C7H11N5O3S/c1-4-9-7(11-10-4)12-3-5(2-6(12)13)16(8,14)15/h5H,2-3H2,1H3,(H2,8,14,15)(H,9,10,11). The second-order valence-corrected chi connectivity index (χ2v) is 5.49. The lowest BCUT2D eigenvalue weighted by Crippen LogP contribution is -2.32. The molecule has 0 radical (unpaired) electrons. The third-order valence-corrected chi connectivity index (χ3v) is 3.63. The Hall–Kier alpha value is -1.48. The summed E-state index contributed by atoms with van der Waals surface area (Å²) in [6.45, 7) is 1.70. The second kappa shape index (κ2) is 3.52. The maximum Gasteiger partial charge on any atom is 0.251 e. The van der Waals surface area contributed by atoms with Gasteiger partial charge < -0.3 is 0 Å². The predicted molar refractivity (Wildman–Crippen MR) is 55.0 cm³/mol. The van der Waals surface area contributed by atoms with E-state index in [0.29, 0.717) is 5.82 Å². The average Bonchev–Trinajstić information content (AvgIpc) is 2.70. The third-order valence-electron chi connectivity index (χ3n) is 2.38. The molecule has 3 N–H and O–H groups in total. The van der Waals surface area contributed by atoms with Crippen molar-refractivity contribution >= 4 is 21.9 Å². The van der Waals surface area contributed by atoms with Crippen LogP contribution < -0.4 is 10.0 Å². The maximum absolute atomic E-state index is 11.6. The van der Waals surface area contributed by atoms with Crippen molar-refractivity contribution in [1.29, 1.82) is 0 Å². The zero-order valence-corrected chi connectivity index (χ0v) is 9.36. The van der Waals surface area contributed by atoms with Gasteiger partial charge in [0, 0.05) is 13.0 Å². The molecule has 1 aromatic rings. The van der Waals surface area contributed by atoms with Gasteiger partial charge >= 0.3 is 0 Å². The van der Waals surface area contributed by atoms with Gasteiger partial charge in [0.25, 0.3) is 5.95 Å². The number of aryl methyl sites for hydroxylation is 1. The van der Waals surface area contributed by atoms with Gasteiger partial charge in [0.1, 0.15) is 11.1 Å². The van der Waals surface area contributed by atoms with Crippen LogP contribution in [0.1, 0.15) is 12.2 Å². The van der Waals surface area contributed by atoms with Gasteiger partial charge in [0.2, 0.25) is 15.9 Å². The molecule has 1 atom stereocenters. The van der Waals surface area contributed by atoms with Crippen molar-refractivity contribution in [2.45, 2.75) is 18.6 Å². The van der Waals surface area contributed by atoms with E-state index in [1.165, 1.54) is 4.90 Å². The number of aromatic nitrogens is 3. The van der Waals surface area contributed by atoms with Gasteiger partial charge in [-0.25, -0.2) is 13.6 Å². The van der Waals surface area contributed by atoms with Gasteiger partial charge in [-0.1, -0.05) is 0 Å². The molecule has 1 amide bonds. The average molecular weight is 245 g/mol. The minimum absolute atomic E-state index is 0.00889. The van der Waals surface area contributed by atoms with Crippen LogP contribution in [0.4, 0.5) is 5.95 Å². The number of rotatable bonds is 2. The van der Waals surface area contributed by atoms with Gasteiger partial charge in [-0.05, 0) is 6.92 Å². The van der Waals surface area contributed by atoms with E-state index in [0.717, 1.165) is 0 Å². The van der Waals surface area contributed by atoms with Gasteiger partial charge in [-0.3, -0.25) is 14.8 Å². The van der Waals surface area contributed by atoms with Crippen LogP contribution in [0.2, 0.25) is 0 Å². The van der Waals surface area contributed by atoms with Gasteiger partial charge in [0.05, 0.1) is 0 Å². The summed E-state index contributed by atoms with van der Waals surface area (Å²) in [5, 5.41) is 10.5. The first-order chi connectivity index (χ1) is 7.38. The number of anilines is 1. The summed E-state index contributed by atoms with van der Waals surface area (Å²) in [7, 11) is -3.70. The van der Waals surface area contributed by atoms with Crippen molar-refractivity contribution < 1.29 is 13.2 Å². The summed E-state index contributed by atoms with van der Waals surface area (Å²) >= 11 is 0. The molecule has 88 valence electrons. The first-order valence-corrected chi connectivity index (χ1v) is 6.20. The van der Waals surface area contributed by atoms with E-state index >= 15 is 0 Å². The number of sulfonamides is 1. The SMILES string of the molecule is Cc1nc(N2CC(S(N)(=O)=O)CC2=O)n[nH]1. The molecule has 2 heterocycles. The number of H-pyrrole nitrogens is 1. The van der Waals surface area contributed by atoms with Crippen LogP contribution in [0.3, 0.4) is 0 Å². The molecule has 1 fully saturated rings. The Labute approximate surface area is 91.9 Å². The zero-order valence-electron chi connectivity index (χ0n) is 8.54. The fourth-order valence-electron chi connectivity index (χ4n) is 1.54. The van der Waals surface area contributed by atoms with Crippen molar-refractivity contribution in [1.82, 2.24) is 15.2 Å². The zero-order chi connectivity index (χ0) is 11.9. The Morgan fingerprint density at radius 1 is 1.56 bits per heavy atom. The lowest BCUT2D eigenvalue weighted by atomic mass is 10.4. The van der Waals surface area contributed by atoms with E-state index in [9.17, 15) is 13.2 Å². The van der Waals surface area contributed by atoms with Crippen LogP contribution in [-0.4, -0.2) is 41.3 Å². The lowest BCUT2D eigenvalue weighted by molar-refractivity contribution is -0.117. The number of hydrogen-bond donors (Lipinski definition) is 2. The molecule has 2 rings (SSSR count). The molecule has 0 aliphatic carbocycles. The number of hydrogen-bond acceptors (Lipinski definition) is 5. The number of nitrogens with one attached hydrogen (secondary N) is 1. The summed E-state index contributed by atoms with van der Waals surface area (Å²) in [6.07, 6.45) is -0.119. The number of nitrogens with zero attached hydrogens (tertiary/aromatic N) is 3. The van der Waals surface area contributed by atoms with Crippen LogP contribution >= 0.6 is 0 Å². The lowest BCUT2D eigenvalue weighted by Gasteiger charge is -2.10. The van der Waals surface area contributed by atoms with Crippen molar-refractivity contribution in [3.05, 3.63) is 5.82 Å². The highest BCUT2D eigenvalue weighted by Crippen LogP contribution is 2.20. The molecule has 0 saturated carbocycles. The topological polar surface area (TPSA) is 122 Å². The van der Waals surface area contributed by atoms with Gasteiger partial charge in [-0.15, -0.1) is 5.10 Å². The molecule has 1 aliphatic rings. The highest BCUT2D eigenvalue weighted by atomic mass is 32.2.